The summed E-state index contributed by atoms with van der Waals surface area (Å²) in [5, 5.41) is 2.28. The number of carbonyl (C=O) groups is 1. The minimum Gasteiger partial charge on any atom is -0.325 e. The van der Waals surface area contributed by atoms with E-state index >= 15 is 0 Å². The van der Waals surface area contributed by atoms with Gasteiger partial charge in [-0.15, -0.1) is 0 Å². The minimum absolute atomic E-state index is 0.122. The van der Waals surface area contributed by atoms with E-state index in [1.807, 2.05) is 4.72 Å². The van der Waals surface area contributed by atoms with E-state index in [4.69, 9.17) is 0 Å². The number of halogens is 4. The first-order chi connectivity index (χ1) is 12.0. The lowest BCUT2D eigenvalue weighted by Gasteiger charge is -2.11. The van der Waals surface area contributed by atoms with Crippen LogP contribution in [0.2, 0.25) is 0 Å². The lowest BCUT2D eigenvalue weighted by Crippen LogP contribution is -2.33. The number of rotatable bonds is 5. The number of aryl methyl sites for hydroxylation is 1. The van der Waals surface area contributed by atoms with E-state index in [0.29, 0.717) is 11.6 Å². The van der Waals surface area contributed by atoms with Crippen LogP contribution < -0.4 is 10.0 Å². The molecule has 0 radical (unpaired) electrons. The minimum atomic E-state index is -4.70. The number of carbonyl (C=O) groups excluding carboxylic acids is 1. The summed E-state index contributed by atoms with van der Waals surface area (Å²) in [5.74, 6) is -1.35. The summed E-state index contributed by atoms with van der Waals surface area (Å²) >= 11 is 0. The van der Waals surface area contributed by atoms with Gasteiger partial charge >= 0.3 is 6.18 Å². The molecule has 0 spiro atoms. The zero-order valence-electron chi connectivity index (χ0n) is 13.4. The third-order valence-electron chi connectivity index (χ3n) is 3.35. The van der Waals surface area contributed by atoms with E-state index in [-0.39, 0.29) is 5.69 Å². The van der Waals surface area contributed by atoms with Gasteiger partial charge in [0.2, 0.25) is 15.9 Å². The molecule has 2 rings (SSSR count). The molecule has 1 amide bonds. The van der Waals surface area contributed by atoms with E-state index in [0.717, 1.165) is 24.3 Å². The first kappa shape index (κ1) is 19.9. The molecule has 5 nitrogen and oxygen atoms in total. The Morgan fingerprint density at radius 3 is 2.42 bits per heavy atom. The Labute approximate surface area is 147 Å². The fourth-order valence-corrected chi connectivity index (χ4v) is 2.99. The van der Waals surface area contributed by atoms with E-state index in [9.17, 15) is 30.8 Å². The summed E-state index contributed by atoms with van der Waals surface area (Å²) in [6.07, 6.45) is -4.70. The molecule has 0 unspecified atom stereocenters. The molecule has 10 heteroatoms. The van der Waals surface area contributed by atoms with E-state index in [1.54, 1.807) is 0 Å². The Balaban J connectivity index is 2.05. The largest absolute Gasteiger partial charge is 0.416 e. The summed E-state index contributed by atoms with van der Waals surface area (Å²) in [5.41, 5.74) is -0.635. The number of alkyl halides is 3. The molecule has 0 fully saturated rings. The van der Waals surface area contributed by atoms with Gasteiger partial charge in [-0.1, -0.05) is 12.1 Å². The second-order valence-corrected chi connectivity index (χ2v) is 7.13. The van der Waals surface area contributed by atoms with Gasteiger partial charge in [0.25, 0.3) is 0 Å². The molecule has 0 aromatic heterocycles. The smallest absolute Gasteiger partial charge is 0.325 e. The maximum absolute atomic E-state index is 13.4. The molecule has 26 heavy (non-hydrogen) atoms. The van der Waals surface area contributed by atoms with Crippen molar-refractivity contribution in [3.05, 3.63) is 59.4 Å². The first-order valence-corrected chi connectivity index (χ1v) is 8.70. The molecule has 0 atom stereocenters. The maximum Gasteiger partial charge on any atom is 0.416 e. The SMILES string of the molecule is Cc1ccc(NC(=O)CNS(=O)(=O)c2cccc(C(F)(F)F)c2)cc1F. The Morgan fingerprint density at radius 2 is 1.81 bits per heavy atom. The van der Waals surface area contributed by atoms with Crippen LogP contribution in [0.25, 0.3) is 0 Å². The summed E-state index contributed by atoms with van der Waals surface area (Å²) in [6.45, 7) is 0.804. The summed E-state index contributed by atoms with van der Waals surface area (Å²) in [6, 6.07) is 7.05. The summed E-state index contributed by atoms with van der Waals surface area (Å²) in [4.78, 5) is 11.1. The highest BCUT2D eigenvalue weighted by atomic mass is 32.2. The van der Waals surface area contributed by atoms with Gasteiger partial charge in [0.1, 0.15) is 5.82 Å². The summed E-state index contributed by atoms with van der Waals surface area (Å²) < 4.78 is 77.4. The highest BCUT2D eigenvalue weighted by Crippen LogP contribution is 2.30. The second-order valence-electron chi connectivity index (χ2n) is 5.36. The normalized spacial score (nSPS) is 12.0. The zero-order valence-corrected chi connectivity index (χ0v) is 14.2. The number of hydrogen-bond donors (Lipinski definition) is 2. The molecule has 0 heterocycles. The lowest BCUT2D eigenvalue weighted by molar-refractivity contribution is -0.137. The van der Waals surface area contributed by atoms with Gasteiger partial charge in [-0.3, -0.25) is 4.79 Å². The van der Waals surface area contributed by atoms with Crippen LogP contribution in [0, 0.1) is 12.7 Å². The third kappa shape index (κ3) is 5.02. The molecule has 2 aromatic carbocycles. The van der Waals surface area contributed by atoms with Crippen molar-refractivity contribution in [1.82, 2.24) is 4.72 Å². The molecular weight excluding hydrogens is 376 g/mol. The molecule has 0 aliphatic carbocycles. The van der Waals surface area contributed by atoms with Crippen molar-refractivity contribution in [1.29, 1.82) is 0 Å². The monoisotopic (exact) mass is 390 g/mol. The number of anilines is 1. The van der Waals surface area contributed by atoms with Crippen LogP contribution in [0.4, 0.5) is 23.2 Å². The van der Waals surface area contributed by atoms with E-state index in [2.05, 4.69) is 5.32 Å². The molecule has 140 valence electrons. The van der Waals surface area contributed by atoms with Crippen LogP contribution in [0.3, 0.4) is 0 Å². The van der Waals surface area contributed by atoms with Crippen LogP contribution in [0.5, 0.6) is 0 Å². The first-order valence-electron chi connectivity index (χ1n) is 7.22. The predicted molar refractivity (Wildman–Crippen MR) is 86.4 cm³/mol. The quantitative estimate of drug-likeness (QED) is 0.771. The van der Waals surface area contributed by atoms with Crippen molar-refractivity contribution in [2.45, 2.75) is 18.0 Å². The van der Waals surface area contributed by atoms with Crippen molar-refractivity contribution in [3.8, 4) is 0 Å². The molecular formula is C16H14F4N2O3S. The van der Waals surface area contributed by atoms with Gasteiger partial charge in [0, 0.05) is 5.69 Å². The average molecular weight is 390 g/mol. The predicted octanol–water partition coefficient (Wildman–Crippen LogP) is 3.07. The van der Waals surface area contributed by atoms with Crippen LogP contribution in [0.1, 0.15) is 11.1 Å². The van der Waals surface area contributed by atoms with Gasteiger partial charge in [-0.05, 0) is 42.8 Å². The number of amides is 1. The van der Waals surface area contributed by atoms with E-state index < -0.39 is 44.9 Å². The number of nitrogens with one attached hydrogen (secondary N) is 2. The Bertz CT molecular complexity index is 927. The standard InChI is InChI=1S/C16H14F4N2O3S/c1-10-5-6-12(8-14(10)17)22-15(23)9-21-26(24,25)13-4-2-3-11(7-13)16(18,19)20/h2-8,21H,9H2,1H3,(H,22,23). The van der Waals surface area contributed by atoms with Gasteiger partial charge in [0.05, 0.1) is 17.0 Å². The molecule has 0 bridgehead atoms. The molecule has 0 aliphatic rings. The lowest BCUT2D eigenvalue weighted by atomic mass is 10.2. The summed E-state index contributed by atoms with van der Waals surface area (Å²) in [7, 11) is -4.33. The van der Waals surface area contributed by atoms with Gasteiger partial charge in [-0.2, -0.15) is 13.2 Å². The topological polar surface area (TPSA) is 75.3 Å². The zero-order chi connectivity index (χ0) is 19.5. The van der Waals surface area contributed by atoms with Crippen molar-refractivity contribution in [2.24, 2.45) is 0 Å². The van der Waals surface area contributed by atoms with Gasteiger partial charge < -0.3 is 5.32 Å². The molecule has 0 saturated carbocycles. The third-order valence-corrected chi connectivity index (χ3v) is 4.75. The number of sulfonamides is 1. The van der Waals surface area contributed by atoms with Crippen molar-refractivity contribution in [3.63, 3.8) is 0 Å². The van der Waals surface area contributed by atoms with Crippen LogP contribution in [-0.4, -0.2) is 20.9 Å². The molecule has 0 aliphatic heterocycles. The Morgan fingerprint density at radius 1 is 1.12 bits per heavy atom. The Hall–Kier alpha value is -2.46. The number of benzene rings is 2. The molecule has 2 aromatic rings. The fraction of sp³-hybridized carbons (Fsp3) is 0.188. The van der Waals surface area contributed by atoms with Crippen LogP contribution in [-0.2, 0) is 21.0 Å². The molecule has 2 N–H and O–H groups in total. The van der Waals surface area contributed by atoms with Crippen LogP contribution in [0.15, 0.2) is 47.4 Å². The van der Waals surface area contributed by atoms with Crippen molar-refractivity contribution >= 4 is 21.6 Å². The average Bonchev–Trinajstić information content (AvgIpc) is 2.56. The fourth-order valence-electron chi connectivity index (χ4n) is 1.96. The number of hydrogen-bond acceptors (Lipinski definition) is 3. The van der Waals surface area contributed by atoms with E-state index in [1.165, 1.54) is 19.1 Å². The van der Waals surface area contributed by atoms with Gasteiger partial charge in [-0.25, -0.2) is 17.5 Å². The second kappa shape index (κ2) is 7.42. The highest BCUT2D eigenvalue weighted by molar-refractivity contribution is 7.89. The molecule has 0 saturated heterocycles. The Kier molecular flexibility index (Phi) is 5.67. The van der Waals surface area contributed by atoms with Gasteiger partial charge in [0.15, 0.2) is 0 Å². The maximum atomic E-state index is 13.4. The van der Waals surface area contributed by atoms with Crippen molar-refractivity contribution < 1.29 is 30.8 Å². The van der Waals surface area contributed by atoms with Crippen LogP contribution >= 0.6 is 0 Å². The van der Waals surface area contributed by atoms with Crippen molar-refractivity contribution in [2.75, 3.05) is 11.9 Å². The highest BCUT2D eigenvalue weighted by Gasteiger charge is 2.31.